The van der Waals surface area contributed by atoms with Gasteiger partial charge in [-0.1, -0.05) is 0 Å². The lowest BCUT2D eigenvalue weighted by molar-refractivity contribution is 0.0827. The number of methoxy groups -OCH3 is 1. The number of fused-ring (bicyclic) bond motifs is 1. The van der Waals surface area contributed by atoms with Crippen LogP contribution in [-0.4, -0.2) is 56.6 Å². The van der Waals surface area contributed by atoms with E-state index in [-0.39, 0.29) is 5.91 Å². The van der Waals surface area contributed by atoms with Crippen LogP contribution < -0.4 is 4.90 Å². The summed E-state index contributed by atoms with van der Waals surface area (Å²) in [5.74, 6) is 1.05. The molecule has 0 saturated carbocycles. The summed E-state index contributed by atoms with van der Waals surface area (Å²) in [6, 6.07) is 7.92. The number of likely N-dealkylation sites (N-methyl/N-ethyl adjacent to an activating group) is 1. The first-order chi connectivity index (χ1) is 9.54. The maximum atomic E-state index is 12.0. The second-order valence-electron chi connectivity index (χ2n) is 5.02. The Labute approximate surface area is 119 Å². The van der Waals surface area contributed by atoms with Crippen LogP contribution in [-0.2, 0) is 4.74 Å². The molecular weight excluding hydrogens is 254 g/mol. The first kappa shape index (κ1) is 14.4. The molecule has 0 aliphatic heterocycles. The number of anilines is 1. The molecule has 0 aliphatic carbocycles. The van der Waals surface area contributed by atoms with E-state index in [1.807, 2.05) is 35.8 Å². The highest BCUT2D eigenvalue weighted by Gasteiger charge is 2.11. The van der Waals surface area contributed by atoms with E-state index in [1.165, 1.54) is 0 Å². The predicted octanol–water partition coefficient (Wildman–Crippen LogP) is 1.72. The van der Waals surface area contributed by atoms with Crippen molar-refractivity contribution in [2.75, 3.05) is 46.3 Å². The Bertz CT molecular complexity index is 604. The average molecular weight is 275 g/mol. The quantitative estimate of drug-likeness (QED) is 0.834. The summed E-state index contributed by atoms with van der Waals surface area (Å²) in [7, 11) is 7.22. The highest BCUT2D eigenvalue weighted by molar-refractivity contribution is 5.94. The monoisotopic (exact) mass is 275 g/mol. The Morgan fingerprint density at radius 1 is 1.20 bits per heavy atom. The standard InChI is InChI=1S/C15H21N3O2/c1-16(2)15(19)12-5-6-13-7-8-14(18(13)11-12)17(3)9-10-20-4/h5-8,11H,9-10H2,1-4H3. The van der Waals surface area contributed by atoms with E-state index in [9.17, 15) is 4.79 Å². The number of pyridine rings is 1. The first-order valence-corrected chi connectivity index (χ1v) is 6.57. The van der Waals surface area contributed by atoms with Crippen molar-refractivity contribution in [1.82, 2.24) is 9.30 Å². The van der Waals surface area contributed by atoms with E-state index >= 15 is 0 Å². The highest BCUT2D eigenvalue weighted by atomic mass is 16.5. The largest absolute Gasteiger partial charge is 0.383 e. The third kappa shape index (κ3) is 2.77. The fraction of sp³-hybridized carbons (Fsp3) is 0.400. The molecule has 0 radical (unpaired) electrons. The summed E-state index contributed by atoms with van der Waals surface area (Å²) >= 11 is 0. The van der Waals surface area contributed by atoms with Crippen molar-refractivity contribution < 1.29 is 9.53 Å². The molecule has 5 nitrogen and oxygen atoms in total. The van der Waals surface area contributed by atoms with Crippen LogP contribution >= 0.6 is 0 Å². The van der Waals surface area contributed by atoms with Crippen molar-refractivity contribution in [3.63, 3.8) is 0 Å². The minimum absolute atomic E-state index is 0.00564. The molecule has 0 unspecified atom stereocenters. The molecule has 0 saturated heterocycles. The van der Waals surface area contributed by atoms with Gasteiger partial charge in [0.2, 0.25) is 0 Å². The van der Waals surface area contributed by atoms with Crippen molar-refractivity contribution in [2.24, 2.45) is 0 Å². The van der Waals surface area contributed by atoms with Crippen LogP contribution in [0.2, 0.25) is 0 Å². The fourth-order valence-electron chi connectivity index (χ4n) is 2.13. The number of carbonyl (C=O) groups excluding carboxylic acids is 1. The van der Waals surface area contributed by atoms with Gasteiger partial charge in [-0.25, -0.2) is 0 Å². The van der Waals surface area contributed by atoms with Crippen LogP contribution in [0.3, 0.4) is 0 Å². The van der Waals surface area contributed by atoms with E-state index in [2.05, 4.69) is 11.0 Å². The molecular formula is C15H21N3O2. The lowest BCUT2D eigenvalue weighted by Gasteiger charge is -2.19. The number of aromatic nitrogens is 1. The summed E-state index contributed by atoms with van der Waals surface area (Å²) in [6.07, 6.45) is 1.89. The predicted molar refractivity (Wildman–Crippen MR) is 80.6 cm³/mol. The number of hydrogen-bond acceptors (Lipinski definition) is 3. The zero-order valence-corrected chi connectivity index (χ0v) is 12.5. The van der Waals surface area contributed by atoms with Crippen molar-refractivity contribution in [3.05, 3.63) is 36.0 Å². The molecule has 0 aromatic carbocycles. The molecule has 108 valence electrons. The number of hydrogen-bond donors (Lipinski definition) is 0. The Hall–Kier alpha value is -2.01. The number of amides is 1. The molecule has 0 N–H and O–H groups in total. The molecule has 5 heteroatoms. The van der Waals surface area contributed by atoms with Gasteiger partial charge in [0.15, 0.2) is 0 Å². The number of ether oxygens (including phenoxy) is 1. The zero-order chi connectivity index (χ0) is 14.7. The van der Waals surface area contributed by atoms with Gasteiger partial charge >= 0.3 is 0 Å². The van der Waals surface area contributed by atoms with Crippen LogP contribution in [0.25, 0.3) is 5.52 Å². The molecule has 1 amide bonds. The SMILES string of the molecule is COCCN(C)c1ccc2ccc(C(=O)N(C)C)cn12. The van der Waals surface area contributed by atoms with Gasteiger partial charge in [-0.05, 0) is 24.3 Å². The molecule has 0 bridgehead atoms. The maximum absolute atomic E-state index is 12.0. The molecule has 0 atom stereocenters. The Balaban J connectivity index is 2.37. The van der Waals surface area contributed by atoms with Gasteiger partial charge in [0.25, 0.3) is 5.91 Å². The molecule has 0 fully saturated rings. The zero-order valence-electron chi connectivity index (χ0n) is 12.5. The molecule has 2 aromatic heterocycles. The van der Waals surface area contributed by atoms with Gasteiger partial charge in [0.05, 0.1) is 12.2 Å². The smallest absolute Gasteiger partial charge is 0.254 e. The third-order valence-electron chi connectivity index (χ3n) is 3.31. The average Bonchev–Trinajstić information content (AvgIpc) is 2.86. The summed E-state index contributed by atoms with van der Waals surface area (Å²) in [4.78, 5) is 15.7. The fourth-order valence-corrected chi connectivity index (χ4v) is 2.13. The van der Waals surface area contributed by atoms with Crippen molar-refractivity contribution >= 4 is 17.2 Å². The molecule has 20 heavy (non-hydrogen) atoms. The molecule has 2 rings (SSSR count). The lowest BCUT2D eigenvalue weighted by atomic mass is 10.2. The van der Waals surface area contributed by atoms with Crippen molar-refractivity contribution in [3.8, 4) is 0 Å². The van der Waals surface area contributed by atoms with Crippen LogP contribution in [0.1, 0.15) is 10.4 Å². The van der Waals surface area contributed by atoms with E-state index in [0.29, 0.717) is 12.2 Å². The van der Waals surface area contributed by atoms with Crippen LogP contribution in [0, 0.1) is 0 Å². The van der Waals surface area contributed by atoms with Gasteiger partial charge in [0.1, 0.15) is 5.82 Å². The molecule has 2 heterocycles. The lowest BCUT2D eigenvalue weighted by Crippen LogP contribution is -2.24. The molecule has 0 spiro atoms. The van der Waals surface area contributed by atoms with E-state index in [0.717, 1.165) is 17.9 Å². The topological polar surface area (TPSA) is 37.2 Å². The summed E-state index contributed by atoms with van der Waals surface area (Å²) in [5, 5.41) is 0. The highest BCUT2D eigenvalue weighted by Crippen LogP contribution is 2.19. The minimum Gasteiger partial charge on any atom is -0.383 e. The second kappa shape index (κ2) is 5.96. The van der Waals surface area contributed by atoms with E-state index in [4.69, 9.17) is 4.74 Å². The number of rotatable bonds is 5. The first-order valence-electron chi connectivity index (χ1n) is 6.57. The van der Waals surface area contributed by atoms with Crippen molar-refractivity contribution in [2.45, 2.75) is 0 Å². The minimum atomic E-state index is 0.00564. The normalized spacial score (nSPS) is 10.8. The maximum Gasteiger partial charge on any atom is 0.254 e. The van der Waals surface area contributed by atoms with Crippen molar-refractivity contribution in [1.29, 1.82) is 0 Å². The van der Waals surface area contributed by atoms with Gasteiger partial charge in [-0.2, -0.15) is 0 Å². The number of carbonyl (C=O) groups is 1. The second-order valence-corrected chi connectivity index (χ2v) is 5.02. The van der Waals surface area contributed by atoms with E-state index in [1.54, 1.807) is 26.1 Å². The van der Waals surface area contributed by atoms with Gasteiger partial charge in [-0.3, -0.25) is 4.79 Å². The van der Waals surface area contributed by atoms with Crippen LogP contribution in [0.4, 0.5) is 5.82 Å². The van der Waals surface area contributed by atoms with Gasteiger partial charge < -0.3 is 18.9 Å². The Morgan fingerprint density at radius 2 is 1.90 bits per heavy atom. The van der Waals surface area contributed by atoms with Gasteiger partial charge in [0, 0.05) is 46.5 Å². The molecule has 0 aliphatic rings. The molecule has 2 aromatic rings. The summed E-state index contributed by atoms with van der Waals surface area (Å²) in [6.45, 7) is 1.47. The summed E-state index contributed by atoms with van der Waals surface area (Å²) in [5.41, 5.74) is 1.75. The van der Waals surface area contributed by atoms with Gasteiger partial charge in [-0.15, -0.1) is 0 Å². The van der Waals surface area contributed by atoms with Crippen LogP contribution in [0.5, 0.6) is 0 Å². The van der Waals surface area contributed by atoms with Crippen LogP contribution in [0.15, 0.2) is 30.5 Å². The Morgan fingerprint density at radius 3 is 2.55 bits per heavy atom. The van der Waals surface area contributed by atoms with E-state index < -0.39 is 0 Å². The Kier molecular flexibility index (Phi) is 4.29. The third-order valence-corrected chi connectivity index (χ3v) is 3.31. The summed E-state index contributed by atoms with van der Waals surface area (Å²) < 4.78 is 7.14. The number of nitrogens with zero attached hydrogens (tertiary/aromatic N) is 3.